The van der Waals surface area contributed by atoms with Crippen molar-refractivity contribution in [1.82, 2.24) is 4.72 Å². The monoisotopic (exact) mass is 260 g/mol. The molecule has 0 fully saturated rings. The van der Waals surface area contributed by atoms with Gasteiger partial charge in [-0.25, -0.2) is 17.5 Å². The standard InChI is InChI=1S/C11H17FN2O2S/c1-8-3-4-10(7-11(8)12)17(15,16)14-6-5-9(2)13/h3-4,7,9,14H,5-6,13H2,1-2H3. The van der Waals surface area contributed by atoms with Crippen LogP contribution in [0, 0.1) is 12.7 Å². The van der Waals surface area contributed by atoms with Gasteiger partial charge in [0.1, 0.15) is 5.82 Å². The molecule has 0 saturated heterocycles. The third kappa shape index (κ3) is 4.07. The van der Waals surface area contributed by atoms with Crippen molar-refractivity contribution in [3.63, 3.8) is 0 Å². The van der Waals surface area contributed by atoms with Crippen LogP contribution in [-0.4, -0.2) is 21.0 Å². The Morgan fingerprint density at radius 2 is 2.12 bits per heavy atom. The summed E-state index contributed by atoms with van der Waals surface area (Å²) in [5.41, 5.74) is 5.93. The van der Waals surface area contributed by atoms with Gasteiger partial charge in [0, 0.05) is 12.6 Å². The quantitative estimate of drug-likeness (QED) is 0.834. The average molecular weight is 260 g/mol. The second kappa shape index (κ2) is 5.57. The predicted octanol–water partition coefficient (Wildman–Crippen LogP) is 1.15. The molecule has 0 amide bonds. The molecule has 1 unspecified atom stereocenters. The second-order valence-corrected chi connectivity index (χ2v) is 5.84. The Hall–Kier alpha value is -0.980. The Kier molecular flexibility index (Phi) is 4.62. The first-order chi connectivity index (χ1) is 7.83. The lowest BCUT2D eigenvalue weighted by Crippen LogP contribution is -2.29. The van der Waals surface area contributed by atoms with Gasteiger partial charge in [-0.15, -0.1) is 0 Å². The zero-order valence-electron chi connectivity index (χ0n) is 9.90. The minimum absolute atomic E-state index is 0.0646. The smallest absolute Gasteiger partial charge is 0.240 e. The Morgan fingerprint density at radius 3 is 2.65 bits per heavy atom. The fourth-order valence-electron chi connectivity index (χ4n) is 1.25. The van der Waals surface area contributed by atoms with Crippen molar-refractivity contribution >= 4 is 10.0 Å². The molecule has 6 heteroatoms. The van der Waals surface area contributed by atoms with Crippen LogP contribution >= 0.6 is 0 Å². The highest BCUT2D eigenvalue weighted by Crippen LogP contribution is 2.13. The average Bonchev–Trinajstić information content (AvgIpc) is 2.21. The molecule has 1 aromatic carbocycles. The Labute approximate surface area is 101 Å². The number of hydrogen-bond acceptors (Lipinski definition) is 3. The van der Waals surface area contributed by atoms with Crippen LogP contribution in [0.15, 0.2) is 23.1 Å². The summed E-state index contributed by atoms with van der Waals surface area (Å²) >= 11 is 0. The molecule has 0 heterocycles. The number of nitrogens with one attached hydrogen (secondary N) is 1. The minimum Gasteiger partial charge on any atom is -0.328 e. The van der Waals surface area contributed by atoms with Crippen molar-refractivity contribution in [1.29, 1.82) is 0 Å². The third-order valence-corrected chi connectivity index (χ3v) is 3.80. The molecule has 0 saturated carbocycles. The number of hydrogen-bond donors (Lipinski definition) is 2. The van der Waals surface area contributed by atoms with E-state index in [1.165, 1.54) is 12.1 Å². The summed E-state index contributed by atoms with van der Waals surface area (Å²) in [6.45, 7) is 3.62. The van der Waals surface area contributed by atoms with Crippen molar-refractivity contribution in [3.05, 3.63) is 29.6 Å². The number of aryl methyl sites for hydroxylation is 1. The molecule has 96 valence electrons. The van der Waals surface area contributed by atoms with Crippen LogP contribution in [0.1, 0.15) is 18.9 Å². The van der Waals surface area contributed by atoms with Crippen molar-refractivity contribution in [3.8, 4) is 0 Å². The third-order valence-electron chi connectivity index (χ3n) is 2.35. The first-order valence-electron chi connectivity index (χ1n) is 5.34. The Morgan fingerprint density at radius 1 is 1.47 bits per heavy atom. The molecule has 0 bridgehead atoms. The molecular weight excluding hydrogens is 243 g/mol. The minimum atomic E-state index is -3.64. The summed E-state index contributed by atoms with van der Waals surface area (Å²) < 4.78 is 39.1. The fraction of sp³-hybridized carbons (Fsp3) is 0.455. The predicted molar refractivity (Wildman–Crippen MR) is 64.6 cm³/mol. The van der Waals surface area contributed by atoms with Gasteiger partial charge in [0.05, 0.1) is 4.90 Å². The number of benzene rings is 1. The summed E-state index contributed by atoms with van der Waals surface area (Å²) in [6.07, 6.45) is 0.535. The summed E-state index contributed by atoms with van der Waals surface area (Å²) in [5.74, 6) is -0.528. The van der Waals surface area contributed by atoms with E-state index in [4.69, 9.17) is 5.73 Å². The van der Waals surface area contributed by atoms with Crippen LogP contribution in [0.4, 0.5) is 4.39 Å². The van der Waals surface area contributed by atoms with Crippen molar-refractivity contribution in [2.24, 2.45) is 5.73 Å². The van der Waals surface area contributed by atoms with Gasteiger partial charge >= 0.3 is 0 Å². The van der Waals surface area contributed by atoms with Crippen LogP contribution in [0.2, 0.25) is 0 Å². The maximum Gasteiger partial charge on any atom is 0.240 e. The van der Waals surface area contributed by atoms with E-state index in [9.17, 15) is 12.8 Å². The second-order valence-electron chi connectivity index (χ2n) is 4.07. The van der Waals surface area contributed by atoms with Gasteiger partial charge in [-0.05, 0) is 38.0 Å². The normalized spacial score (nSPS) is 13.6. The summed E-state index contributed by atoms with van der Waals surface area (Å²) in [7, 11) is -3.64. The number of halogens is 1. The van der Waals surface area contributed by atoms with E-state index in [1.54, 1.807) is 13.8 Å². The first-order valence-corrected chi connectivity index (χ1v) is 6.82. The molecule has 17 heavy (non-hydrogen) atoms. The fourth-order valence-corrected chi connectivity index (χ4v) is 2.30. The van der Waals surface area contributed by atoms with Crippen LogP contribution in [-0.2, 0) is 10.0 Å². The number of rotatable bonds is 5. The van der Waals surface area contributed by atoms with Gasteiger partial charge in [-0.2, -0.15) is 0 Å². The highest BCUT2D eigenvalue weighted by Gasteiger charge is 2.14. The molecule has 0 aliphatic carbocycles. The van der Waals surface area contributed by atoms with Gasteiger partial charge in [-0.1, -0.05) is 6.07 Å². The first kappa shape index (κ1) is 14.1. The largest absolute Gasteiger partial charge is 0.328 e. The van der Waals surface area contributed by atoms with E-state index in [1.807, 2.05) is 0 Å². The molecule has 0 spiro atoms. The van der Waals surface area contributed by atoms with Crippen molar-refractivity contribution < 1.29 is 12.8 Å². The van der Waals surface area contributed by atoms with Crippen molar-refractivity contribution in [2.45, 2.75) is 31.2 Å². The lowest BCUT2D eigenvalue weighted by molar-refractivity contribution is 0.568. The zero-order valence-corrected chi connectivity index (χ0v) is 10.7. The van der Waals surface area contributed by atoms with Gasteiger partial charge in [0.25, 0.3) is 0 Å². The molecule has 1 rings (SSSR count). The van der Waals surface area contributed by atoms with Crippen molar-refractivity contribution in [2.75, 3.05) is 6.54 Å². The maximum atomic E-state index is 13.2. The van der Waals surface area contributed by atoms with Crippen LogP contribution in [0.3, 0.4) is 0 Å². The van der Waals surface area contributed by atoms with Gasteiger partial charge in [0.2, 0.25) is 10.0 Å². The molecule has 0 aromatic heterocycles. The Balaban J connectivity index is 2.79. The van der Waals surface area contributed by atoms with E-state index < -0.39 is 15.8 Å². The summed E-state index contributed by atoms with van der Waals surface area (Å²) in [6, 6.07) is 3.76. The SMILES string of the molecule is Cc1ccc(S(=O)(=O)NCCC(C)N)cc1F. The van der Waals surface area contributed by atoms with E-state index in [0.717, 1.165) is 6.07 Å². The van der Waals surface area contributed by atoms with E-state index in [2.05, 4.69) is 4.72 Å². The molecule has 3 N–H and O–H groups in total. The molecule has 0 aliphatic rings. The summed E-state index contributed by atoms with van der Waals surface area (Å²) in [5, 5.41) is 0. The summed E-state index contributed by atoms with van der Waals surface area (Å²) in [4.78, 5) is -0.0646. The van der Waals surface area contributed by atoms with E-state index in [-0.39, 0.29) is 17.5 Å². The molecule has 0 radical (unpaired) electrons. The molecule has 0 aliphatic heterocycles. The lowest BCUT2D eigenvalue weighted by atomic mass is 10.2. The van der Waals surface area contributed by atoms with Crippen LogP contribution in [0.25, 0.3) is 0 Å². The maximum absolute atomic E-state index is 13.2. The highest BCUT2D eigenvalue weighted by atomic mass is 32.2. The molecule has 1 aromatic rings. The van der Waals surface area contributed by atoms with Gasteiger partial charge in [0.15, 0.2) is 0 Å². The molecular formula is C11H17FN2O2S. The molecule has 1 atom stereocenters. The highest BCUT2D eigenvalue weighted by molar-refractivity contribution is 7.89. The topological polar surface area (TPSA) is 72.2 Å². The zero-order chi connectivity index (χ0) is 13.1. The molecule has 4 nitrogen and oxygen atoms in total. The van der Waals surface area contributed by atoms with Crippen LogP contribution in [0.5, 0.6) is 0 Å². The number of nitrogens with two attached hydrogens (primary N) is 1. The van der Waals surface area contributed by atoms with E-state index in [0.29, 0.717) is 12.0 Å². The van der Waals surface area contributed by atoms with Crippen LogP contribution < -0.4 is 10.5 Å². The lowest BCUT2D eigenvalue weighted by Gasteiger charge is -2.09. The van der Waals surface area contributed by atoms with E-state index >= 15 is 0 Å². The van der Waals surface area contributed by atoms with Gasteiger partial charge < -0.3 is 5.73 Å². The Bertz CT molecular complexity index is 486. The van der Waals surface area contributed by atoms with Gasteiger partial charge in [-0.3, -0.25) is 0 Å². The number of sulfonamides is 1.